The van der Waals surface area contributed by atoms with Gasteiger partial charge in [0.1, 0.15) is 5.75 Å². The Labute approximate surface area is 90.0 Å². The highest BCUT2D eigenvalue weighted by Gasteiger charge is 2.55. The van der Waals surface area contributed by atoms with Gasteiger partial charge in [-0.25, -0.2) is 0 Å². The van der Waals surface area contributed by atoms with Crippen LogP contribution in [-0.2, 0) is 0 Å². The van der Waals surface area contributed by atoms with E-state index in [2.05, 4.69) is 4.74 Å². The standard InChI is InChI=1S/C10H11F4NO/c1-6-3-4-8(7(15)5-6)16-10(13,14)9(2,11)12/h3-5H,15H2,1-2H3. The maximum absolute atomic E-state index is 12.9. The molecule has 0 heterocycles. The number of benzene rings is 1. The largest absolute Gasteiger partial charge is 0.464 e. The van der Waals surface area contributed by atoms with Gasteiger partial charge in [0.15, 0.2) is 0 Å². The van der Waals surface area contributed by atoms with Crippen LogP contribution in [-0.4, -0.2) is 12.0 Å². The van der Waals surface area contributed by atoms with E-state index in [0.717, 1.165) is 11.6 Å². The van der Waals surface area contributed by atoms with Crippen molar-refractivity contribution in [3.05, 3.63) is 23.8 Å². The SMILES string of the molecule is Cc1ccc(OC(F)(F)C(C)(F)F)c(N)c1. The predicted molar refractivity (Wildman–Crippen MR) is 51.8 cm³/mol. The molecule has 16 heavy (non-hydrogen) atoms. The molecule has 0 radical (unpaired) electrons. The molecular weight excluding hydrogens is 226 g/mol. The number of aryl methyl sites for hydroxylation is 1. The Hall–Kier alpha value is -1.46. The number of hydrogen-bond donors (Lipinski definition) is 1. The first kappa shape index (κ1) is 12.6. The van der Waals surface area contributed by atoms with Crippen LogP contribution < -0.4 is 10.5 Å². The van der Waals surface area contributed by atoms with Gasteiger partial charge in [0.25, 0.3) is 0 Å². The molecule has 0 bridgehead atoms. The maximum Gasteiger partial charge on any atom is 0.464 e. The van der Waals surface area contributed by atoms with Crippen molar-refractivity contribution in [2.24, 2.45) is 0 Å². The van der Waals surface area contributed by atoms with E-state index < -0.39 is 17.8 Å². The molecule has 0 saturated carbocycles. The first-order valence-corrected chi connectivity index (χ1v) is 4.44. The number of anilines is 1. The fourth-order valence-corrected chi connectivity index (χ4v) is 0.989. The molecule has 0 spiro atoms. The lowest BCUT2D eigenvalue weighted by Gasteiger charge is -2.24. The van der Waals surface area contributed by atoms with Crippen LogP contribution in [0.3, 0.4) is 0 Å². The number of nitrogen functional groups attached to an aromatic ring is 1. The molecule has 0 aliphatic heterocycles. The number of halogens is 4. The Balaban J connectivity index is 2.97. The van der Waals surface area contributed by atoms with Gasteiger partial charge >= 0.3 is 12.0 Å². The summed E-state index contributed by atoms with van der Waals surface area (Å²) in [6.45, 7) is 1.77. The molecule has 0 aromatic heterocycles. The third kappa shape index (κ3) is 2.56. The maximum atomic E-state index is 12.9. The molecule has 0 atom stereocenters. The van der Waals surface area contributed by atoms with Gasteiger partial charge in [-0.05, 0) is 24.6 Å². The van der Waals surface area contributed by atoms with Crippen LogP contribution in [0, 0.1) is 6.92 Å². The Morgan fingerprint density at radius 2 is 1.75 bits per heavy atom. The molecule has 2 N–H and O–H groups in total. The molecule has 90 valence electrons. The topological polar surface area (TPSA) is 35.2 Å². The second-order valence-electron chi connectivity index (χ2n) is 3.55. The molecule has 6 heteroatoms. The lowest BCUT2D eigenvalue weighted by atomic mass is 10.2. The number of hydrogen-bond acceptors (Lipinski definition) is 2. The molecule has 0 amide bonds. The summed E-state index contributed by atoms with van der Waals surface area (Å²) in [6, 6.07) is 3.93. The van der Waals surface area contributed by atoms with E-state index in [1.54, 1.807) is 6.92 Å². The molecule has 0 fully saturated rings. The van der Waals surface area contributed by atoms with Gasteiger partial charge < -0.3 is 10.5 Å². The van der Waals surface area contributed by atoms with Crippen LogP contribution in [0.1, 0.15) is 12.5 Å². The van der Waals surface area contributed by atoms with E-state index in [9.17, 15) is 17.6 Å². The van der Waals surface area contributed by atoms with Crippen LogP contribution in [0.4, 0.5) is 23.2 Å². The van der Waals surface area contributed by atoms with Gasteiger partial charge in [-0.15, -0.1) is 0 Å². The van der Waals surface area contributed by atoms with Crippen molar-refractivity contribution in [2.75, 3.05) is 5.73 Å². The summed E-state index contributed by atoms with van der Waals surface area (Å²) in [6.07, 6.45) is -4.59. The van der Waals surface area contributed by atoms with Gasteiger partial charge in [-0.3, -0.25) is 0 Å². The number of rotatable bonds is 3. The van der Waals surface area contributed by atoms with Crippen LogP contribution in [0.25, 0.3) is 0 Å². The van der Waals surface area contributed by atoms with E-state index in [4.69, 9.17) is 5.73 Å². The second kappa shape index (κ2) is 3.84. The summed E-state index contributed by atoms with van der Waals surface area (Å²) >= 11 is 0. The van der Waals surface area contributed by atoms with Gasteiger partial charge in [0.05, 0.1) is 5.69 Å². The van der Waals surface area contributed by atoms with Gasteiger partial charge in [0, 0.05) is 6.92 Å². The summed E-state index contributed by atoms with van der Waals surface area (Å²) in [5.74, 6) is -4.73. The van der Waals surface area contributed by atoms with Gasteiger partial charge in [-0.1, -0.05) is 6.07 Å². The van der Waals surface area contributed by atoms with Crippen LogP contribution in [0.2, 0.25) is 0 Å². The fourth-order valence-electron chi connectivity index (χ4n) is 0.989. The minimum atomic E-state index is -4.59. The van der Waals surface area contributed by atoms with E-state index >= 15 is 0 Å². The average Bonchev–Trinajstić information content (AvgIpc) is 2.08. The van der Waals surface area contributed by atoms with Crippen LogP contribution in [0.15, 0.2) is 18.2 Å². The van der Waals surface area contributed by atoms with Crippen molar-refractivity contribution in [2.45, 2.75) is 25.9 Å². The van der Waals surface area contributed by atoms with Crippen molar-refractivity contribution in [3.63, 3.8) is 0 Å². The smallest absolute Gasteiger partial charge is 0.426 e. The zero-order valence-electron chi connectivity index (χ0n) is 8.73. The van der Waals surface area contributed by atoms with E-state index in [1.165, 1.54) is 12.1 Å². The Bertz CT molecular complexity index is 387. The van der Waals surface area contributed by atoms with Crippen molar-refractivity contribution in [1.82, 2.24) is 0 Å². The predicted octanol–water partition coefficient (Wildman–Crippen LogP) is 3.20. The van der Waals surface area contributed by atoms with Gasteiger partial charge in [-0.2, -0.15) is 17.6 Å². The first-order chi connectivity index (χ1) is 7.13. The highest BCUT2D eigenvalue weighted by molar-refractivity contribution is 5.54. The summed E-state index contributed by atoms with van der Waals surface area (Å²) < 4.78 is 54.6. The molecule has 1 rings (SSSR count). The number of nitrogens with two attached hydrogens (primary N) is 1. The van der Waals surface area contributed by atoms with Crippen molar-refractivity contribution >= 4 is 5.69 Å². The zero-order chi connectivity index (χ0) is 12.6. The zero-order valence-corrected chi connectivity index (χ0v) is 8.73. The summed E-state index contributed by atoms with van der Waals surface area (Å²) in [7, 11) is 0. The Kier molecular flexibility index (Phi) is 3.03. The highest BCUT2D eigenvalue weighted by Crippen LogP contribution is 2.37. The average molecular weight is 237 g/mol. The first-order valence-electron chi connectivity index (χ1n) is 4.44. The lowest BCUT2D eigenvalue weighted by molar-refractivity contribution is -0.301. The number of ether oxygens (including phenoxy) is 1. The summed E-state index contributed by atoms with van der Waals surface area (Å²) in [5.41, 5.74) is 5.98. The van der Waals surface area contributed by atoms with E-state index in [1.807, 2.05) is 0 Å². The molecule has 2 nitrogen and oxygen atoms in total. The van der Waals surface area contributed by atoms with Crippen molar-refractivity contribution < 1.29 is 22.3 Å². The fraction of sp³-hybridized carbons (Fsp3) is 0.400. The van der Waals surface area contributed by atoms with Crippen LogP contribution in [0.5, 0.6) is 5.75 Å². The molecule has 0 saturated heterocycles. The molecule has 1 aromatic rings. The second-order valence-corrected chi connectivity index (χ2v) is 3.55. The van der Waals surface area contributed by atoms with E-state index in [-0.39, 0.29) is 12.6 Å². The van der Waals surface area contributed by atoms with Gasteiger partial charge in [0.2, 0.25) is 0 Å². The summed E-state index contributed by atoms with van der Waals surface area (Å²) in [5, 5.41) is 0. The quantitative estimate of drug-likeness (QED) is 0.647. The molecule has 0 unspecified atom stereocenters. The minimum Gasteiger partial charge on any atom is -0.426 e. The lowest BCUT2D eigenvalue weighted by Crippen LogP contribution is -2.43. The van der Waals surface area contributed by atoms with Crippen molar-refractivity contribution in [1.29, 1.82) is 0 Å². The molecular formula is C10H11F4NO. The number of alkyl halides is 4. The Morgan fingerprint density at radius 3 is 2.19 bits per heavy atom. The summed E-state index contributed by atoms with van der Waals surface area (Å²) in [4.78, 5) is 0. The molecule has 1 aromatic carbocycles. The molecule has 0 aliphatic carbocycles. The minimum absolute atomic E-state index is 0.0807. The van der Waals surface area contributed by atoms with Crippen molar-refractivity contribution in [3.8, 4) is 5.75 Å². The van der Waals surface area contributed by atoms with E-state index in [0.29, 0.717) is 0 Å². The monoisotopic (exact) mass is 237 g/mol. The normalized spacial score (nSPS) is 12.6. The third-order valence-electron chi connectivity index (χ3n) is 1.91. The highest BCUT2D eigenvalue weighted by atomic mass is 19.3. The third-order valence-corrected chi connectivity index (χ3v) is 1.91. The molecule has 0 aliphatic rings. The van der Waals surface area contributed by atoms with Crippen LogP contribution >= 0.6 is 0 Å². The Morgan fingerprint density at radius 1 is 1.19 bits per heavy atom.